The van der Waals surface area contributed by atoms with E-state index >= 15 is 0 Å². The number of aldehydes is 1. The van der Waals surface area contributed by atoms with Crippen molar-refractivity contribution >= 4 is 45.4 Å². The molecule has 7 nitrogen and oxygen atoms in total. The first-order chi connectivity index (χ1) is 18.2. The highest BCUT2D eigenvalue weighted by molar-refractivity contribution is 7.91. The van der Waals surface area contributed by atoms with E-state index in [4.69, 9.17) is 27.9 Å². The van der Waals surface area contributed by atoms with Crippen molar-refractivity contribution in [1.82, 2.24) is 4.90 Å². The molecule has 0 spiro atoms. The maximum atomic E-state index is 13.2. The smallest absolute Gasteiger partial charge is 0.410 e. The molecular weight excluding hydrogens is 561 g/mol. The van der Waals surface area contributed by atoms with Crippen LogP contribution >= 0.6 is 23.2 Å². The van der Waals surface area contributed by atoms with Crippen LogP contribution in [0, 0.1) is 0 Å². The Bertz CT molecular complexity index is 1430. The van der Waals surface area contributed by atoms with Gasteiger partial charge in [0.1, 0.15) is 5.60 Å². The monoisotopic (exact) mass is 591 g/mol. The van der Waals surface area contributed by atoms with E-state index in [0.717, 1.165) is 5.56 Å². The number of carbonyl (C=O) groups excluding carboxylic acids is 2. The molecule has 3 aromatic carbocycles. The molecule has 208 valence electrons. The van der Waals surface area contributed by atoms with Crippen LogP contribution < -0.4 is 0 Å². The van der Waals surface area contributed by atoms with E-state index in [-0.39, 0.29) is 26.9 Å². The maximum absolute atomic E-state index is 13.2. The van der Waals surface area contributed by atoms with Gasteiger partial charge >= 0.3 is 6.09 Å². The van der Waals surface area contributed by atoms with Gasteiger partial charge in [0.25, 0.3) is 0 Å². The quantitative estimate of drug-likeness (QED) is 0.283. The zero-order valence-electron chi connectivity index (χ0n) is 22.1. The summed E-state index contributed by atoms with van der Waals surface area (Å²) in [7, 11) is -3.99. The molecule has 10 heteroatoms. The lowest BCUT2D eigenvalue weighted by Crippen LogP contribution is -2.45. The summed E-state index contributed by atoms with van der Waals surface area (Å²) in [5.41, 5.74) is 0.484. The molecule has 0 fully saturated rings. The second-order valence-electron chi connectivity index (χ2n) is 10.2. The zero-order valence-corrected chi connectivity index (χ0v) is 24.4. The van der Waals surface area contributed by atoms with Crippen molar-refractivity contribution in [3.8, 4) is 0 Å². The van der Waals surface area contributed by atoms with Gasteiger partial charge in [0, 0.05) is 11.1 Å². The highest BCUT2D eigenvalue weighted by atomic mass is 35.5. The number of hydrogen-bond donors (Lipinski definition) is 1. The molecule has 0 aliphatic heterocycles. The lowest BCUT2D eigenvalue weighted by atomic mass is 10.0. The normalized spacial score (nSPS) is 13.4. The van der Waals surface area contributed by atoms with Gasteiger partial charge in [-0.1, -0.05) is 53.5 Å². The Kier molecular flexibility index (Phi) is 9.83. The Morgan fingerprint density at radius 1 is 1.05 bits per heavy atom. The molecule has 2 atom stereocenters. The molecule has 0 aliphatic carbocycles. The van der Waals surface area contributed by atoms with Crippen LogP contribution in [0.4, 0.5) is 4.79 Å². The molecule has 39 heavy (non-hydrogen) atoms. The lowest BCUT2D eigenvalue weighted by Gasteiger charge is -2.33. The molecule has 0 aliphatic rings. The molecule has 0 aromatic heterocycles. The van der Waals surface area contributed by atoms with Crippen molar-refractivity contribution in [2.45, 2.75) is 61.7 Å². The summed E-state index contributed by atoms with van der Waals surface area (Å²) >= 11 is 12.1. The topological polar surface area (TPSA) is 101 Å². The van der Waals surface area contributed by atoms with E-state index in [1.807, 2.05) is 6.92 Å². The van der Waals surface area contributed by atoms with Gasteiger partial charge in [0.05, 0.1) is 33.0 Å². The fraction of sp³-hybridized carbons (Fsp3) is 0.310. The van der Waals surface area contributed by atoms with Gasteiger partial charge in [-0.25, -0.2) is 13.2 Å². The maximum Gasteiger partial charge on any atom is 0.410 e. The Hall–Kier alpha value is -2.91. The van der Waals surface area contributed by atoms with E-state index < -0.39 is 33.7 Å². The minimum absolute atomic E-state index is 0.00430. The van der Waals surface area contributed by atoms with Crippen LogP contribution in [0.25, 0.3) is 0 Å². The molecule has 0 saturated carbocycles. The van der Waals surface area contributed by atoms with Gasteiger partial charge < -0.3 is 14.7 Å². The fourth-order valence-corrected chi connectivity index (χ4v) is 5.94. The van der Waals surface area contributed by atoms with Crippen LogP contribution in [-0.4, -0.2) is 49.0 Å². The zero-order chi connectivity index (χ0) is 29.0. The molecule has 0 unspecified atom stereocenters. The predicted molar refractivity (Wildman–Crippen MR) is 151 cm³/mol. The number of aliphatic hydroxyl groups excluding tert-OH is 1. The Morgan fingerprint density at radius 3 is 2.28 bits per heavy atom. The average molecular weight is 593 g/mol. The van der Waals surface area contributed by atoms with Gasteiger partial charge in [-0.15, -0.1) is 0 Å². The second kappa shape index (κ2) is 12.5. The standard InChI is InChI=1S/C29H31Cl2NO6S/c1-19(32(28(35)38-29(2,3)4)17-26(34)21-7-5-8-22(30)16-21)15-20-11-13-23(14-12-20)39(36,37)27-10-6-9-25(31)24(27)18-33/h5-14,16,18-19,26,34H,15,17H2,1-4H3/t19-,26+/m1/s1. The number of rotatable bonds is 9. The third-order valence-corrected chi connectivity index (χ3v) is 8.34. The second-order valence-corrected chi connectivity index (χ2v) is 12.9. The van der Waals surface area contributed by atoms with E-state index in [1.165, 1.54) is 35.2 Å². The van der Waals surface area contributed by atoms with Crippen LogP contribution in [0.3, 0.4) is 0 Å². The van der Waals surface area contributed by atoms with Gasteiger partial charge in [0.2, 0.25) is 9.84 Å². The van der Waals surface area contributed by atoms with E-state index in [0.29, 0.717) is 23.3 Å². The third kappa shape index (κ3) is 7.82. The number of carbonyl (C=O) groups is 2. The molecular formula is C29H31Cl2NO6S. The summed E-state index contributed by atoms with van der Waals surface area (Å²) in [5, 5.41) is 11.4. The van der Waals surface area contributed by atoms with Gasteiger partial charge in [-0.2, -0.15) is 0 Å². The summed E-state index contributed by atoms with van der Waals surface area (Å²) in [5.74, 6) is 0. The fourth-order valence-electron chi connectivity index (χ4n) is 4.01. The lowest BCUT2D eigenvalue weighted by molar-refractivity contribution is 0.00547. The SMILES string of the molecule is C[C@H](Cc1ccc(S(=O)(=O)c2cccc(Cl)c2C=O)cc1)N(C[C@H](O)c1cccc(Cl)c1)C(=O)OC(C)(C)C. The summed E-state index contributed by atoms with van der Waals surface area (Å²) < 4.78 is 32.0. The van der Waals surface area contributed by atoms with E-state index in [9.17, 15) is 23.1 Å². The molecule has 1 N–H and O–H groups in total. The van der Waals surface area contributed by atoms with Crippen molar-refractivity contribution < 1.29 is 27.9 Å². The summed E-state index contributed by atoms with van der Waals surface area (Å²) in [6.45, 7) is 7.07. The van der Waals surface area contributed by atoms with Crippen LogP contribution in [0.2, 0.25) is 10.0 Å². The van der Waals surface area contributed by atoms with Gasteiger partial charge in [-0.05, 0) is 81.6 Å². The molecule has 0 bridgehead atoms. The van der Waals surface area contributed by atoms with Crippen LogP contribution in [0.15, 0.2) is 76.5 Å². The number of ether oxygens (including phenoxy) is 1. The largest absolute Gasteiger partial charge is 0.444 e. The van der Waals surface area contributed by atoms with Crippen molar-refractivity contribution in [2.24, 2.45) is 0 Å². The number of halogens is 2. The highest BCUT2D eigenvalue weighted by Gasteiger charge is 2.29. The molecule has 3 rings (SSSR count). The minimum atomic E-state index is -3.99. The summed E-state index contributed by atoms with van der Waals surface area (Å²) in [6.07, 6.45) is -0.805. The number of amides is 1. The number of hydrogen-bond acceptors (Lipinski definition) is 6. The number of nitrogens with zero attached hydrogens (tertiary/aromatic N) is 1. The molecule has 0 radical (unpaired) electrons. The Balaban J connectivity index is 1.84. The van der Waals surface area contributed by atoms with Crippen molar-refractivity contribution in [3.05, 3.63) is 93.5 Å². The average Bonchev–Trinajstić information content (AvgIpc) is 2.86. The van der Waals surface area contributed by atoms with Crippen molar-refractivity contribution in [3.63, 3.8) is 0 Å². The summed E-state index contributed by atoms with van der Waals surface area (Å²) in [4.78, 5) is 25.9. The first-order valence-corrected chi connectivity index (χ1v) is 14.5. The van der Waals surface area contributed by atoms with E-state index in [1.54, 1.807) is 57.2 Å². The molecule has 0 saturated heterocycles. The van der Waals surface area contributed by atoms with Crippen LogP contribution in [0.5, 0.6) is 0 Å². The number of benzene rings is 3. The predicted octanol–water partition coefficient (Wildman–Crippen LogP) is 6.54. The first-order valence-electron chi connectivity index (χ1n) is 12.2. The molecule has 0 heterocycles. The van der Waals surface area contributed by atoms with Crippen molar-refractivity contribution in [2.75, 3.05) is 6.54 Å². The third-order valence-electron chi connectivity index (χ3n) is 5.95. The summed E-state index contributed by atoms with van der Waals surface area (Å²) in [6, 6.07) is 16.8. The minimum Gasteiger partial charge on any atom is -0.444 e. The Morgan fingerprint density at radius 2 is 1.69 bits per heavy atom. The molecule has 3 aromatic rings. The first kappa shape index (κ1) is 30.6. The molecule has 1 amide bonds. The van der Waals surface area contributed by atoms with Crippen molar-refractivity contribution in [1.29, 1.82) is 0 Å². The number of aliphatic hydroxyl groups is 1. The van der Waals surface area contributed by atoms with Crippen LogP contribution in [0.1, 0.15) is 55.3 Å². The highest BCUT2D eigenvalue weighted by Crippen LogP contribution is 2.28. The van der Waals surface area contributed by atoms with E-state index in [2.05, 4.69) is 0 Å². The van der Waals surface area contributed by atoms with Gasteiger partial charge in [0.15, 0.2) is 6.29 Å². The Labute approximate surface area is 239 Å². The van der Waals surface area contributed by atoms with Gasteiger partial charge in [-0.3, -0.25) is 4.79 Å². The number of sulfone groups is 1. The van der Waals surface area contributed by atoms with Crippen LogP contribution in [-0.2, 0) is 21.0 Å².